The van der Waals surface area contributed by atoms with Crippen LogP contribution in [0.25, 0.3) is 0 Å². The van der Waals surface area contributed by atoms with Gasteiger partial charge < -0.3 is 10.6 Å². The molecular formula is C15H15BrN2S. The fourth-order valence-corrected chi connectivity index (χ4v) is 2.26. The molecule has 0 saturated carbocycles. The van der Waals surface area contributed by atoms with Gasteiger partial charge in [0.1, 0.15) is 0 Å². The van der Waals surface area contributed by atoms with Gasteiger partial charge in [0.05, 0.1) is 0 Å². The summed E-state index contributed by atoms with van der Waals surface area (Å²) in [6.07, 6.45) is 0.976. The van der Waals surface area contributed by atoms with E-state index in [1.165, 1.54) is 5.56 Å². The van der Waals surface area contributed by atoms with Gasteiger partial charge in [-0.25, -0.2) is 0 Å². The summed E-state index contributed by atoms with van der Waals surface area (Å²) in [7, 11) is 0. The predicted molar refractivity (Wildman–Crippen MR) is 89.8 cm³/mol. The summed E-state index contributed by atoms with van der Waals surface area (Å²) in [5.41, 5.74) is 3.27. The van der Waals surface area contributed by atoms with Gasteiger partial charge in [-0.1, -0.05) is 41.1 Å². The van der Waals surface area contributed by atoms with Gasteiger partial charge in [0.25, 0.3) is 0 Å². The van der Waals surface area contributed by atoms with Gasteiger partial charge in [0, 0.05) is 15.8 Å². The quantitative estimate of drug-likeness (QED) is 0.787. The Morgan fingerprint density at radius 3 is 2.42 bits per heavy atom. The highest BCUT2D eigenvalue weighted by molar-refractivity contribution is 9.10. The third-order valence-electron chi connectivity index (χ3n) is 2.75. The van der Waals surface area contributed by atoms with E-state index in [2.05, 4.69) is 39.6 Å². The van der Waals surface area contributed by atoms with Crippen LogP contribution in [0.2, 0.25) is 0 Å². The van der Waals surface area contributed by atoms with Gasteiger partial charge in [0.15, 0.2) is 5.11 Å². The molecule has 0 fully saturated rings. The molecule has 4 heteroatoms. The van der Waals surface area contributed by atoms with E-state index in [1.807, 2.05) is 42.5 Å². The van der Waals surface area contributed by atoms with Crippen molar-refractivity contribution in [3.05, 3.63) is 58.6 Å². The van der Waals surface area contributed by atoms with Crippen molar-refractivity contribution >= 4 is 44.6 Å². The van der Waals surface area contributed by atoms with Crippen LogP contribution < -0.4 is 10.6 Å². The zero-order valence-electron chi connectivity index (χ0n) is 10.6. The molecule has 2 rings (SSSR count). The fraction of sp³-hybridized carbons (Fsp3) is 0.133. The monoisotopic (exact) mass is 334 g/mol. The van der Waals surface area contributed by atoms with E-state index in [-0.39, 0.29) is 0 Å². The molecule has 0 unspecified atom stereocenters. The molecule has 19 heavy (non-hydrogen) atoms. The fourth-order valence-electron chi connectivity index (χ4n) is 1.77. The van der Waals surface area contributed by atoms with Crippen LogP contribution in [0.15, 0.2) is 53.0 Å². The number of hydrogen-bond donors (Lipinski definition) is 2. The van der Waals surface area contributed by atoms with Gasteiger partial charge in [-0.05, 0) is 54.5 Å². The zero-order chi connectivity index (χ0) is 13.7. The maximum atomic E-state index is 5.32. The summed E-state index contributed by atoms with van der Waals surface area (Å²) in [5, 5.41) is 7.00. The van der Waals surface area contributed by atoms with Crippen molar-refractivity contribution in [2.45, 2.75) is 13.3 Å². The Hall–Kier alpha value is -1.39. The van der Waals surface area contributed by atoms with Gasteiger partial charge in [-0.3, -0.25) is 0 Å². The molecule has 0 aliphatic heterocycles. The molecule has 98 valence electrons. The second kappa shape index (κ2) is 6.68. The maximum absolute atomic E-state index is 5.32. The first-order chi connectivity index (χ1) is 9.19. The third-order valence-corrected chi connectivity index (χ3v) is 3.48. The molecule has 0 radical (unpaired) electrons. The predicted octanol–water partition coefficient (Wildman–Crippen LogP) is 4.82. The van der Waals surface area contributed by atoms with Crippen molar-refractivity contribution in [3.63, 3.8) is 0 Å². The number of hydrogen-bond acceptors (Lipinski definition) is 1. The van der Waals surface area contributed by atoms with Crippen LogP contribution in [0.4, 0.5) is 11.4 Å². The first kappa shape index (κ1) is 14.0. The zero-order valence-corrected chi connectivity index (χ0v) is 13.0. The normalized spacial score (nSPS) is 10.0. The molecule has 0 aromatic heterocycles. The molecule has 2 aromatic rings. The average Bonchev–Trinajstić information content (AvgIpc) is 2.42. The Morgan fingerprint density at radius 1 is 1.05 bits per heavy atom. The number of benzene rings is 2. The summed E-state index contributed by atoms with van der Waals surface area (Å²) < 4.78 is 1.05. The lowest BCUT2D eigenvalue weighted by atomic mass is 10.1. The average molecular weight is 335 g/mol. The molecule has 0 amide bonds. The highest BCUT2D eigenvalue weighted by atomic mass is 79.9. The lowest BCUT2D eigenvalue weighted by Gasteiger charge is -2.13. The highest BCUT2D eigenvalue weighted by Gasteiger charge is 2.02. The van der Waals surface area contributed by atoms with E-state index < -0.39 is 0 Å². The Bertz CT molecular complexity index is 567. The highest BCUT2D eigenvalue weighted by Crippen LogP contribution is 2.17. The maximum Gasteiger partial charge on any atom is 0.175 e. The SMILES string of the molecule is CCc1ccccc1NC(=S)Nc1ccc(Br)cc1. The minimum atomic E-state index is 0.600. The molecule has 2 nitrogen and oxygen atoms in total. The molecule has 2 aromatic carbocycles. The van der Waals surface area contributed by atoms with Crippen LogP contribution in [0, 0.1) is 0 Å². The van der Waals surface area contributed by atoms with E-state index in [0.29, 0.717) is 5.11 Å². The van der Waals surface area contributed by atoms with E-state index >= 15 is 0 Å². The summed E-state index contributed by atoms with van der Waals surface area (Å²) in [5.74, 6) is 0. The van der Waals surface area contributed by atoms with E-state index in [9.17, 15) is 0 Å². The Kier molecular flexibility index (Phi) is 4.93. The smallest absolute Gasteiger partial charge is 0.175 e. The van der Waals surface area contributed by atoms with Crippen molar-refractivity contribution in [2.75, 3.05) is 10.6 Å². The van der Waals surface area contributed by atoms with E-state index in [4.69, 9.17) is 12.2 Å². The van der Waals surface area contributed by atoms with Gasteiger partial charge >= 0.3 is 0 Å². The van der Waals surface area contributed by atoms with Crippen LogP contribution in [0.5, 0.6) is 0 Å². The largest absolute Gasteiger partial charge is 0.332 e. The molecule has 0 heterocycles. The molecule has 0 spiro atoms. The van der Waals surface area contributed by atoms with E-state index in [1.54, 1.807) is 0 Å². The van der Waals surface area contributed by atoms with E-state index in [0.717, 1.165) is 22.3 Å². The number of nitrogens with one attached hydrogen (secondary N) is 2. The minimum Gasteiger partial charge on any atom is -0.332 e. The first-order valence-electron chi connectivity index (χ1n) is 6.10. The van der Waals surface area contributed by atoms with Crippen molar-refractivity contribution < 1.29 is 0 Å². The summed E-state index contributed by atoms with van der Waals surface area (Å²) in [4.78, 5) is 0. The lowest BCUT2D eigenvalue weighted by Crippen LogP contribution is -2.19. The first-order valence-corrected chi connectivity index (χ1v) is 7.30. The van der Waals surface area contributed by atoms with Crippen molar-refractivity contribution in [1.82, 2.24) is 0 Å². The summed E-state index contributed by atoms with van der Waals surface area (Å²) >= 11 is 8.73. The van der Waals surface area contributed by atoms with Gasteiger partial charge in [0.2, 0.25) is 0 Å². The van der Waals surface area contributed by atoms with Crippen LogP contribution in [0.3, 0.4) is 0 Å². The van der Waals surface area contributed by atoms with Crippen molar-refractivity contribution in [1.29, 1.82) is 0 Å². The number of anilines is 2. The lowest BCUT2D eigenvalue weighted by molar-refractivity contribution is 1.14. The molecular weight excluding hydrogens is 320 g/mol. The van der Waals surface area contributed by atoms with Crippen LogP contribution in [-0.4, -0.2) is 5.11 Å². The summed E-state index contributed by atoms with van der Waals surface area (Å²) in [6.45, 7) is 2.13. The Balaban J connectivity index is 2.03. The Labute approximate surface area is 127 Å². The van der Waals surface area contributed by atoms with Crippen LogP contribution >= 0.6 is 28.1 Å². The number of halogens is 1. The van der Waals surface area contributed by atoms with Gasteiger partial charge in [-0.15, -0.1) is 0 Å². The molecule has 0 atom stereocenters. The Morgan fingerprint density at radius 2 is 1.74 bits per heavy atom. The second-order valence-corrected chi connectivity index (χ2v) is 5.42. The topological polar surface area (TPSA) is 24.1 Å². The summed E-state index contributed by atoms with van der Waals surface area (Å²) in [6, 6.07) is 16.1. The molecule has 0 aliphatic carbocycles. The number of thiocarbonyl (C=S) groups is 1. The van der Waals surface area contributed by atoms with Crippen molar-refractivity contribution in [2.24, 2.45) is 0 Å². The standard InChI is InChI=1S/C15H15BrN2S/c1-2-11-5-3-4-6-14(11)18-15(19)17-13-9-7-12(16)8-10-13/h3-10H,2H2,1H3,(H2,17,18,19). The number of para-hydroxylation sites is 1. The number of aryl methyl sites for hydroxylation is 1. The molecule has 0 bridgehead atoms. The van der Waals surface area contributed by atoms with Gasteiger partial charge in [-0.2, -0.15) is 0 Å². The molecule has 2 N–H and O–H groups in total. The number of rotatable bonds is 3. The molecule has 0 aliphatic rings. The molecule has 0 saturated heterocycles. The van der Waals surface area contributed by atoms with Crippen molar-refractivity contribution in [3.8, 4) is 0 Å². The third kappa shape index (κ3) is 4.04. The second-order valence-electron chi connectivity index (χ2n) is 4.10. The van der Waals surface area contributed by atoms with Crippen LogP contribution in [-0.2, 0) is 6.42 Å². The van der Waals surface area contributed by atoms with Crippen LogP contribution in [0.1, 0.15) is 12.5 Å². The minimum absolute atomic E-state index is 0.600.